The van der Waals surface area contributed by atoms with Gasteiger partial charge in [-0.25, -0.2) is 0 Å². The third kappa shape index (κ3) is 3.27. The number of halogens is 3. The van der Waals surface area contributed by atoms with Crippen LogP contribution in [0.4, 0.5) is 13.2 Å². The van der Waals surface area contributed by atoms with Crippen LogP contribution < -0.4 is 10.5 Å². The van der Waals surface area contributed by atoms with Gasteiger partial charge in [0.25, 0.3) is 5.89 Å². The summed E-state index contributed by atoms with van der Waals surface area (Å²) in [7, 11) is 0. The number of alkyl halides is 3. The van der Waals surface area contributed by atoms with Crippen LogP contribution in [0.25, 0.3) is 0 Å². The van der Waals surface area contributed by atoms with Gasteiger partial charge >= 0.3 is 6.18 Å². The molecule has 1 heterocycles. The highest BCUT2D eigenvalue weighted by Gasteiger charge is 2.34. The molecule has 0 unspecified atom stereocenters. The predicted molar refractivity (Wildman–Crippen MR) is 62.7 cm³/mol. The van der Waals surface area contributed by atoms with Crippen LogP contribution in [-0.4, -0.2) is 10.2 Å². The summed E-state index contributed by atoms with van der Waals surface area (Å²) in [4.78, 5) is 0. The Morgan fingerprint density at radius 1 is 1.30 bits per heavy atom. The molecule has 1 aromatic heterocycles. The van der Waals surface area contributed by atoms with Crippen LogP contribution in [0.3, 0.4) is 0 Å². The Morgan fingerprint density at radius 3 is 2.60 bits per heavy atom. The molecule has 8 heteroatoms. The first-order chi connectivity index (χ1) is 9.40. The van der Waals surface area contributed by atoms with Crippen molar-refractivity contribution in [1.82, 2.24) is 10.2 Å². The lowest BCUT2D eigenvalue weighted by Crippen LogP contribution is -2.10. The second kappa shape index (κ2) is 5.49. The first-order valence-electron chi connectivity index (χ1n) is 5.72. The number of hydrogen-bond acceptors (Lipinski definition) is 5. The van der Waals surface area contributed by atoms with Gasteiger partial charge in [0.05, 0.1) is 5.56 Å². The van der Waals surface area contributed by atoms with Crippen molar-refractivity contribution in [2.24, 2.45) is 5.73 Å². The second-order valence-corrected chi connectivity index (χ2v) is 4.04. The summed E-state index contributed by atoms with van der Waals surface area (Å²) in [6, 6.07) is 3.67. The third-order valence-electron chi connectivity index (χ3n) is 2.50. The van der Waals surface area contributed by atoms with Crippen molar-refractivity contribution < 1.29 is 22.3 Å². The lowest BCUT2D eigenvalue weighted by atomic mass is 10.1. The number of hydrogen-bond donors (Lipinski definition) is 1. The molecule has 0 aliphatic heterocycles. The van der Waals surface area contributed by atoms with Crippen molar-refractivity contribution >= 4 is 0 Å². The largest absolute Gasteiger partial charge is 0.483 e. The lowest BCUT2D eigenvalue weighted by molar-refractivity contribution is -0.139. The average Bonchev–Trinajstić information content (AvgIpc) is 2.81. The van der Waals surface area contributed by atoms with E-state index in [2.05, 4.69) is 10.2 Å². The van der Waals surface area contributed by atoms with E-state index in [0.717, 1.165) is 6.07 Å². The zero-order valence-electron chi connectivity index (χ0n) is 10.6. The Kier molecular flexibility index (Phi) is 3.93. The van der Waals surface area contributed by atoms with E-state index in [0.29, 0.717) is 11.5 Å². The number of ether oxygens (including phenoxy) is 1. The van der Waals surface area contributed by atoms with Crippen LogP contribution in [-0.2, 0) is 19.3 Å². The summed E-state index contributed by atoms with van der Waals surface area (Å²) in [5, 5.41) is 7.21. The van der Waals surface area contributed by atoms with Crippen LogP contribution in [0.15, 0.2) is 22.6 Å². The lowest BCUT2D eigenvalue weighted by Gasteiger charge is -2.14. The van der Waals surface area contributed by atoms with E-state index < -0.39 is 11.7 Å². The van der Waals surface area contributed by atoms with Gasteiger partial charge in [-0.2, -0.15) is 13.2 Å². The van der Waals surface area contributed by atoms with Gasteiger partial charge in [0.15, 0.2) is 6.61 Å². The fourth-order valence-electron chi connectivity index (χ4n) is 1.59. The van der Waals surface area contributed by atoms with Gasteiger partial charge in [-0.15, -0.1) is 10.2 Å². The van der Waals surface area contributed by atoms with Crippen LogP contribution >= 0.6 is 0 Å². The molecule has 0 atom stereocenters. The smallest absolute Gasteiger partial charge is 0.419 e. The van der Waals surface area contributed by atoms with E-state index in [4.69, 9.17) is 14.9 Å². The van der Waals surface area contributed by atoms with E-state index in [1.54, 1.807) is 6.92 Å². The van der Waals surface area contributed by atoms with Gasteiger partial charge in [0.1, 0.15) is 5.75 Å². The van der Waals surface area contributed by atoms with Crippen LogP contribution in [0.5, 0.6) is 5.75 Å². The van der Waals surface area contributed by atoms with Crippen molar-refractivity contribution in [3.63, 3.8) is 0 Å². The summed E-state index contributed by atoms with van der Waals surface area (Å²) < 4.78 is 48.9. The standard InChI is InChI=1S/C12H12F3N3O2/c1-7-17-18-11(20-7)6-19-10-3-2-8(5-16)4-9(10)12(13,14)15/h2-4H,5-6,16H2,1H3. The van der Waals surface area contributed by atoms with Crippen molar-refractivity contribution in [3.8, 4) is 5.75 Å². The van der Waals surface area contributed by atoms with Gasteiger partial charge in [0.2, 0.25) is 5.89 Å². The maximum atomic E-state index is 12.9. The Hall–Kier alpha value is -2.09. The molecule has 5 nitrogen and oxygen atoms in total. The zero-order valence-corrected chi connectivity index (χ0v) is 10.6. The zero-order chi connectivity index (χ0) is 14.8. The van der Waals surface area contributed by atoms with Crippen LogP contribution in [0.1, 0.15) is 22.9 Å². The van der Waals surface area contributed by atoms with Gasteiger partial charge in [-0.3, -0.25) is 0 Å². The minimum Gasteiger partial charge on any atom is -0.483 e. The SMILES string of the molecule is Cc1nnc(COc2ccc(CN)cc2C(F)(F)F)o1. The first-order valence-corrected chi connectivity index (χ1v) is 5.72. The molecule has 108 valence electrons. The number of aryl methyl sites for hydroxylation is 1. The molecule has 1 aromatic carbocycles. The number of nitrogens with zero attached hydrogens (tertiary/aromatic N) is 2. The molecular formula is C12H12F3N3O2. The molecule has 0 saturated heterocycles. The minimum atomic E-state index is -4.52. The molecule has 0 aliphatic rings. The molecule has 2 N–H and O–H groups in total. The molecule has 0 radical (unpaired) electrons. The summed E-state index contributed by atoms with van der Waals surface area (Å²) in [5.41, 5.74) is 4.83. The predicted octanol–water partition coefficient (Wildman–Crippen LogP) is 2.43. The molecule has 0 saturated carbocycles. The minimum absolute atomic E-state index is 0.0201. The van der Waals surface area contributed by atoms with Gasteiger partial charge in [-0.1, -0.05) is 6.07 Å². The topological polar surface area (TPSA) is 74.2 Å². The van der Waals surface area contributed by atoms with Gasteiger partial charge < -0.3 is 14.9 Å². The number of benzene rings is 1. The summed E-state index contributed by atoms with van der Waals surface area (Å²) >= 11 is 0. The highest BCUT2D eigenvalue weighted by molar-refractivity contribution is 5.39. The molecule has 0 bridgehead atoms. The summed E-state index contributed by atoms with van der Waals surface area (Å²) in [6.07, 6.45) is -4.52. The molecule has 0 spiro atoms. The van der Waals surface area contributed by atoms with Crippen molar-refractivity contribution in [3.05, 3.63) is 41.1 Å². The van der Waals surface area contributed by atoms with E-state index in [1.807, 2.05) is 0 Å². The second-order valence-electron chi connectivity index (χ2n) is 4.04. The third-order valence-corrected chi connectivity index (χ3v) is 2.50. The molecular weight excluding hydrogens is 275 g/mol. The summed E-state index contributed by atoms with van der Waals surface area (Å²) in [5.74, 6) is 0.127. The van der Waals surface area contributed by atoms with Crippen molar-refractivity contribution in [2.45, 2.75) is 26.3 Å². The fraction of sp³-hybridized carbons (Fsp3) is 0.333. The Morgan fingerprint density at radius 2 is 2.05 bits per heavy atom. The van der Waals surface area contributed by atoms with E-state index in [1.165, 1.54) is 12.1 Å². The maximum absolute atomic E-state index is 12.9. The van der Waals surface area contributed by atoms with E-state index >= 15 is 0 Å². The van der Waals surface area contributed by atoms with Crippen molar-refractivity contribution in [2.75, 3.05) is 0 Å². The molecule has 0 aliphatic carbocycles. The molecule has 0 fully saturated rings. The molecule has 0 amide bonds. The number of nitrogens with two attached hydrogens (primary N) is 1. The number of rotatable bonds is 4. The highest BCUT2D eigenvalue weighted by atomic mass is 19.4. The fourth-order valence-corrected chi connectivity index (χ4v) is 1.59. The quantitative estimate of drug-likeness (QED) is 0.934. The van der Waals surface area contributed by atoms with E-state index in [9.17, 15) is 13.2 Å². The van der Waals surface area contributed by atoms with Gasteiger partial charge in [-0.05, 0) is 17.7 Å². The van der Waals surface area contributed by atoms with Gasteiger partial charge in [0, 0.05) is 13.5 Å². The van der Waals surface area contributed by atoms with Crippen LogP contribution in [0.2, 0.25) is 0 Å². The first kappa shape index (κ1) is 14.3. The Balaban J connectivity index is 2.22. The molecule has 2 aromatic rings. The molecule has 20 heavy (non-hydrogen) atoms. The number of aromatic nitrogens is 2. The van der Waals surface area contributed by atoms with E-state index in [-0.39, 0.29) is 24.8 Å². The molecule has 2 rings (SSSR count). The van der Waals surface area contributed by atoms with Crippen LogP contribution in [0, 0.1) is 6.92 Å². The monoisotopic (exact) mass is 287 g/mol. The average molecular weight is 287 g/mol. The highest BCUT2D eigenvalue weighted by Crippen LogP contribution is 2.37. The van der Waals surface area contributed by atoms with Crippen molar-refractivity contribution in [1.29, 1.82) is 0 Å². The normalized spacial score (nSPS) is 11.7. The summed E-state index contributed by atoms with van der Waals surface area (Å²) in [6.45, 7) is 1.37. The maximum Gasteiger partial charge on any atom is 0.419 e. The Bertz CT molecular complexity index is 596. The Labute approximate surface area is 112 Å².